The van der Waals surface area contributed by atoms with Crippen molar-refractivity contribution < 1.29 is 14.3 Å². The van der Waals surface area contributed by atoms with E-state index in [2.05, 4.69) is 20.8 Å². The Kier molecular flexibility index (Phi) is 5.70. The summed E-state index contributed by atoms with van der Waals surface area (Å²) in [5.74, 6) is -0.384. The second-order valence-electron chi connectivity index (χ2n) is 7.98. The third-order valence-electron chi connectivity index (χ3n) is 5.58. The fourth-order valence-corrected chi connectivity index (χ4v) is 3.89. The number of carbonyl (C=O) groups is 2. The van der Waals surface area contributed by atoms with Crippen molar-refractivity contribution in [2.45, 2.75) is 20.0 Å². The van der Waals surface area contributed by atoms with Gasteiger partial charge in [-0.1, -0.05) is 36.4 Å². The number of aromatic nitrogens is 3. The Labute approximate surface area is 195 Å². The average Bonchev–Trinajstić information content (AvgIpc) is 3.46. The first-order chi connectivity index (χ1) is 16.6. The first-order valence-corrected chi connectivity index (χ1v) is 10.9. The molecule has 0 aliphatic heterocycles. The topological polar surface area (TPSA) is 101 Å². The summed E-state index contributed by atoms with van der Waals surface area (Å²) in [6.45, 7) is 2.21. The first-order valence-electron chi connectivity index (χ1n) is 10.9. The van der Waals surface area contributed by atoms with Gasteiger partial charge in [0.05, 0.1) is 17.7 Å². The van der Waals surface area contributed by atoms with Gasteiger partial charge in [-0.15, -0.1) is 0 Å². The van der Waals surface area contributed by atoms with Crippen LogP contribution in [0.3, 0.4) is 0 Å². The summed E-state index contributed by atoms with van der Waals surface area (Å²) in [6, 6.07) is 18.6. The number of hydrogen-bond acceptors (Lipinski definition) is 4. The molecule has 0 spiro atoms. The van der Waals surface area contributed by atoms with Crippen molar-refractivity contribution in [3.63, 3.8) is 0 Å². The van der Waals surface area contributed by atoms with E-state index >= 15 is 0 Å². The zero-order valence-corrected chi connectivity index (χ0v) is 18.5. The maximum atomic E-state index is 12.7. The number of nitrogens with one attached hydrogen (secondary N) is 3. The molecule has 3 heterocycles. The van der Waals surface area contributed by atoms with Gasteiger partial charge in [0.15, 0.2) is 0 Å². The van der Waals surface area contributed by atoms with Crippen LogP contribution in [0, 0.1) is 6.92 Å². The van der Waals surface area contributed by atoms with E-state index in [0.29, 0.717) is 11.3 Å². The van der Waals surface area contributed by atoms with Gasteiger partial charge in [0.25, 0.3) is 5.91 Å². The number of pyridine rings is 1. The van der Waals surface area contributed by atoms with Crippen molar-refractivity contribution >= 4 is 28.4 Å². The van der Waals surface area contributed by atoms with E-state index in [0.717, 1.165) is 33.4 Å². The third-order valence-corrected chi connectivity index (χ3v) is 5.58. The molecule has 0 bridgehead atoms. The fraction of sp³-hybridized carbons (Fsp3) is 0.115. The minimum Gasteiger partial charge on any atom is -0.486 e. The Bertz CT molecular complexity index is 1500. The molecule has 34 heavy (non-hydrogen) atoms. The van der Waals surface area contributed by atoms with Crippen LogP contribution in [-0.4, -0.2) is 26.2 Å². The van der Waals surface area contributed by atoms with Gasteiger partial charge in [-0.2, -0.15) is 0 Å². The third kappa shape index (κ3) is 4.33. The van der Waals surface area contributed by atoms with Gasteiger partial charge < -0.3 is 14.1 Å². The molecule has 0 fully saturated rings. The molecule has 8 nitrogen and oxygen atoms in total. The molecular formula is C26H23N5O3. The van der Waals surface area contributed by atoms with Crippen LogP contribution in [0.2, 0.25) is 0 Å². The Hall–Kier alpha value is -4.59. The second kappa shape index (κ2) is 9.11. The largest absolute Gasteiger partial charge is 0.486 e. The van der Waals surface area contributed by atoms with Crippen molar-refractivity contribution in [1.29, 1.82) is 0 Å². The zero-order chi connectivity index (χ0) is 23.5. The molecule has 0 saturated heterocycles. The van der Waals surface area contributed by atoms with Crippen molar-refractivity contribution in [3.8, 4) is 5.75 Å². The van der Waals surface area contributed by atoms with E-state index in [9.17, 15) is 9.59 Å². The van der Waals surface area contributed by atoms with E-state index in [-0.39, 0.29) is 18.9 Å². The van der Waals surface area contributed by atoms with E-state index in [4.69, 9.17) is 4.74 Å². The van der Waals surface area contributed by atoms with Gasteiger partial charge in [-0.25, -0.2) is 4.98 Å². The Morgan fingerprint density at radius 2 is 1.85 bits per heavy atom. The van der Waals surface area contributed by atoms with Gasteiger partial charge in [0.1, 0.15) is 18.0 Å². The smallest absolute Gasteiger partial charge is 0.273 e. The number of benzene rings is 2. The number of H-pyrrole nitrogens is 1. The van der Waals surface area contributed by atoms with Crippen LogP contribution in [0.25, 0.3) is 16.6 Å². The number of nitrogens with zero attached hydrogens (tertiary/aromatic N) is 2. The van der Waals surface area contributed by atoms with Gasteiger partial charge in [-0.05, 0) is 42.3 Å². The van der Waals surface area contributed by atoms with E-state index in [1.165, 1.54) is 0 Å². The van der Waals surface area contributed by atoms with Crippen LogP contribution in [0.15, 0.2) is 79.3 Å². The highest BCUT2D eigenvalue weighted by Gasteiger charge is 2.15. The molecule has 0 aliphatic rings. The number of hydrazine groups is 1. The molecular weight excluding hydrogens is 430 g/mol. The highest BCUT2D eigenvalue weighted by molar-refractivity contribution is 5.98. The number of aryl methyl sites for hydroxylation is 1. The second-order valence-corrected chi connectivity index (χ2v) is 7.98. The van der Waals surface area contributed by atoms with Gasteiger partial charge >= 0.3 is 0 Å². The molecule has 5 rings (SSSR count). The lowest BCUT2D eigenvalue weighted by Crippen LogP contribution is -2.42. The highest BCUT2D eigenvalue weighted by Crippen LogP contribution is 2.20. The van der Waals surface area contributed by atoms with Crippen molar-refractivity contribution in [2.75, 3.05) is 0 Å². The van der Waals surface area contributed by atoms with Crippen LogP contribution in [-0.2, 0) is 17.8 Å². The summed E-state index contributed by atoms with van der Waals surface area (Å²) < 4.78 is 7.84. The van der Waals surface area contributed by atoms with Crippen LogP contribution < -0.4 is 15.6 Å². The summed E-state index contributed by atoms with van der Waals surface area (Å²) in [5, 5.41) is 0.977. The van der Waals surface area contributed by atoms with Gasteiger partial charge in [0, 0.05) is 29.5 Å². The maximum Gasteiger partial charge on any atom is 0.273 e. The molecule has 5 aromatic rings. The summed E-state index contributed by atoms with van der Waals surface area (Å²) >= 11 is 0. The predicted octanol–water partition coefficient (Wildman–Crippen LogP) is 3.71. The molecule has 2 amide bonds. The average molecular weight is 454 g/mol. The van der Waals surface area contributed by atoms with Gasteiger partial charge in [0.2, 0.25) is 5.91 Å². The predicted molar refractivity (Wildman–Crippen MR) is 128 cm³/mol. The number of aromatic amines is 1. The lowest BCUT2D eigenvalue weighted by atomic mass is 10.1. The molecule has 0 saturated carbocycles. The monoisotopic (exact) mass is 453 g/mol. The molecule has 3 aromatic heterocycles. The molecule has 3 N–H and O–H groups in total. The van der Waals surface area contributed by atoms with Crippen molar-refractivity contribution in [1.82, 2.24) is 25.2 Å². The first kappa shape index (κ1) is 21.3. The quantitative estimate of drug-likeness (QED) is 0.341. The highest BCUT2D eigenvalue weighted by atomic mass is 16.5. The standard InChI is InChI=1S/C26H23N5O3/c1-17-7-6-12-31-15-19(28-25(17)31)16-34-23-11-5-3-9-21(23)26(33)30-29-24(32)13-18-14-27-22-10-4-2-8-20(18)22/h2-12,14-15,27H,13,16H2,1H3,(H,29,32)(H,30,33). The number of hydrogen-bond donors (Lipinski definition) is 3. The molecule has 2 aromatic carbocycles. The minimum absolute atomic E-state index is 0.135. The van der Waals surface area contributed by atoms with E-state index in [1.807, 2.05) is 60.1 Å². The zero-order valence-electron chi connectivity index (χ0n) is 18.5. The van der Waals surface area contributed by atoms with Gasteiger partial charge in [-0.3, -0.25) is 20.4 Å². The lowest BCUT2D eigenvalue weighted by molar-refractivity contribution is -0.121. The van der Waals surface area contributed by atoms with Crippen molar-refractivity contribution in [3.05, 3.63) is 102 Å². The summed E-state index contributed by atoms with van der Waals surface area (Å²) in [5.41, 5.74) is 9.77. The number of imidazole rings is 1. The van der Waals surface area contributed by atoms with E-state index < -0.39 is 5.91 Å². The summed E-state index contributed by atoms with van der Waals surface area (Å²) in [7, 11) is 0. The summed E-state index contributed by atoms with van der Waals surface area (Å²) in [6.07, 6.45) is 5.76. The number of carbonyl (C=O) groups excluding carboxylic acids is 2. The van der Waals surface area contributed by atoms with Crippen molar-refractivity contribution in [2.24, 2.45) is 0 Å². The Morgan fingerprint density at radius 1 is 1.03 bits per heavy atom. The van der Waals surface area contributed by atoms with E-state index in [1.54, 1.807) is 30.5 Å². The van der Waals surface area contributed by atoms with Crippen LogP contribution in [0.1, 0.15) is 27.2 Å². The number of amides is 2. The Morgan fingerprint density at radius 3 is 2.74 bits per heavy atom. The van der Waals surface area contributed by atoms with Crippen LogP contribution in [0.5, 0.6) is 5.75 Å². The van der Waals surface area contributed by atoms with Crippen LogP contribution in [0.4, 0.5) is 0 Å². The molecule has 0 radical (unpaired) electrons. The Balaban J connectivity index is 1.22. The lowest BCUT2D eigenvalue weighted by Gasteiger charge is -2.11. The number of fused-ring (bicyclic) bond motifs is 2. The molecule has 8 heteroatoms. The summed E-state index contributed by atoms with van der Waals surface area (Å²) in [4.78, 5) is 32.9. The molecule has 0 aliphatic carbocycles. The SMILES string of the molecule is Cc1cccn2cc(COc3ccccc3C(=O)NNC(=O)Cc3c[nH]c4ccccc34)nc12. The minimum atomic E-state index is -0.464. The number of ether oxygens (including phenoxy) is 1. The fourth-order valence-electron chi connectivity index (χ4n) is 3.89. The maximum absolute atomic E-state index is 12.7. The normalized spacial score (nSPS) is 11.0. The molecule has 170 valence electrons. The number of para-hydroxylation sites is 2. The van der Waals surface area contributed by atoms with Crippen LogP contribution >= 0.6 is 0 Å². The molecule has 0 atom stereocenters. The number of rotatable bonds is 6. The molecule has 0 unspecified atom stereocenters.